The molecule has 0 radical (unpaired) electrons. The topological polar surface area (TPSA) is 70.5 Å². The molecule has 1 aliphatic heterocycles. The van der Waals surface area contributed by atoms with Crippen molar-refractivity contribution < 1.29 is 14.7 Å². The number of amides is 1. The monoisotopic (exact) mass is 340 g/mol. The molecule has 0 aliphatic carbocycles. The molecule has 1 aromatic rings. The third-order valence-electron chi connectivity index (χ3n) is 3.81. The van der Waals surface area contributed by atoms with Gasteiger partial charge >= 0.3 is 5.97 Å². The van der Waals surface area contributed by atoms with E-state index in [0.717, 1.165) is 6.42 Å². The number of carbonyl (C=O) groups is 2. The molecule has 0 spiro atoms. The second-order valence-corrected chi connectivity index (χ2v) is 5.91. The highest BCUT2D eigenvalue weighted by Gasteiger charge is 2.45. The van der Waals surface area contributed by atoms with Gasteiger partial charge in [-0.1, -0.05) is 13.3 Å². The van der Waals surface area contributed by atoms with Crippen molar-refractivity contribution in [3.8, 4) is 0 Å². The number of carbonyl (C=O) groups excluding carboxylic acids is 1. The molecular weight excluding hydrogens is 324 g/mol. The lowest BCUT2D eigenvalue weighted by atomic mass is 9.83. The van der Waals surface area contributed by atoms with E-state index in [1.807, 2.05) is 6.92 Å². The highest BCUT2D eigenvalue weighted by atomic mass is 79.9. The molecule has 1 aromatic heterocycles. The van der Waals surface area contributed by atoms with Gasteiger partial charge in [-0.25, -0.2) is 4.98 Å². The zero-order valence-electron chi connectivity index (χ0n) is 11.3. The van der Waals surface area contributed by atoms with Crippen molar-refractivity contribution in [2.45, 2.75) is 26.2 Å². The number of carboxylic acid groups (broad SMARTS) is 1. The van der Waals surface area contributed by atoms with Gasteiger partial charge in [0.25, 0.3) is 5.91 Å². The van der Waals surface area contributed by atoms with Gasteiger partial charge in [-0.05, 0) is 40.9 Å². The number of aromatic nitrogens is 1. The van der Waals surface area contributed by atoms with E-state index in [0.29, 0.717) is 29.6 Å². The van der Waals surface area contributed by atoms with Crippen LogP contribution in [-0.2, 0) is 4.79 Å². The number of halogens is 1. The third kappa shape index (κ3) is 2.70. The average Bonchev–Trinajstić information content (AvgIpc) is 2.85. The molecule has 0 aromatic carbocycles. The van der Waals surface area contributed by atoms with Crippen molar-refractivity contribution >= 4 is 27.8 Å². The maximum atomic E-state index is 12.4. The van der Waals surface area contributed by atoms with Crippen LogP contribution in [0.2, 0.25) is 0 Å². The standard InChI is InChI=1S/C14H17BrN2O3/c1-2-5-14(13(19)20)6-8-17(9-14)12(18)10-4-3-7-16-11(10)15/h3-4,7H,2,5-6,8-9H2,1H3,(H,19,20). The largest absolute Gasteiger partial charge is 0.481 e. The van der Waals surface area contributed by atoms with E-state index in [4.69, 9.17) is 0 Å². The van der Waals surface area contributed by atoms with Crippen molar-refractivity contribution in [1.29, 1.82) is 0 Å². The summed E-state index contributed by atoms with van der Waals surface area (Å²) in [5, 5.41) is 9.46. The first kappa shape index (κ1) is 15.0. The van der Waals surface area contributed by atoms with E-state index in [2.05, 4.69) is 20.9 Å². The van der Waals surface area contributed by atoms with Crippen LogP contribution in [-0.4, -0.2) is 40.0 Å². The van der Waals surface area contributed by atoms with Crippen LogP contribution in [0.1, 0.15) is 36.5 Å². The van der Waals surface area contributed by atoms with E-state index in [9.17, 15) is 14.7 Å². The molecular formula is C14H17BrN2O3. The van der Waals surface area contributed by atoms with Crippen molar-refractivity contribution in [3.05, 3.63) is 28.5 Å². The van der Waals surface area contributed by atoms with Crippen LogP contribution in [0.3, 0.4) is 0 Å². The molecule has 1 amide bonds. The Morgan fingerprint density at radius 1 is 1.55 bits per heavy atom. The normalized spacial score (nSPS) is 22.0. The highest BCUT2D eigenvalue weighted by Crippen LogP contribution is 2.36. The number of hydrogen-bond donors (Lipinski definition) is 1. The number of hydrogen-bond acceptors (Lipinski definition) is 3. The fourth-order valence-electron chi connectivity index (χ4n) is 2.73. The Bertz CT molecular complexity index is 535. The molecule has 6 heteroatoms. The maximum absolute atomic E-state index is 12.4. The number of rotatable bonds is 4. The summed E-state index contributed by atoms with van der Waals surface area (Å²) in [6.07, 6.45) is 3.51. The van der Waals surface area contributed by atoms with Gasteiger partial charge in [-0.2, -0.15) is 0 Å². The van der Waals surface area contributed by atoms with Gasteiger partial charge in [0.2, 0.25) is 0 Å². The van der Waals surface area contributed by atoms with Gasteiger partial charge in [0.15, 0.2) is 0 Å². The first-order valence-electron chi connectivity index (χ1n) is 6.63. The molecule has 0 saturated carbocycles. The van der Waals surface area contributed by atoms with E-state index in [-0.39, 0.29) is 12.5 Å². The molecule has 0 bridgehead atoms. The Hall–Kier alpha value is -1.43. The fourth-order valence-corrected chi connectivity index (χ4v) is 3.15. The van der Waals surface area contributed by atoms with E-state index >= 15 is 0 Å². The molecule has 1 N–H and O–H groups in total. The molecule has 1 fully saturated rings. The van der Waals surface area contributed by atoms with Crippen LogP contribution in [0, 0.1) is 5.41 Å². The van der Waals surface area contributed by atoms with Gasteiger partial charge in [0, 0.05) is 19.3 Å². The smallest absolute Gasteiger partial charge is 0.311 e. The lowest BCUT2D eigenvalue weighted by molar-refractivity contribution is -0.148. The van der Waals surface area contributed by atoms with Crippen molar-refractivity contribution in [2.24, 2.45) is 5.41 Å². The highest BCUT2D eigenvalue weighted by molar-refractivity contribution is 9.10. The Morgan fingerprint density at radius 2 is 2.30 bits per heavy atom. The van der Waals surface area contributed by atoms with Crippen LogP contribution in [0.5, 0.6) is 0 Å². The maximum Gasteiger partial charge on any atom is 0.311 e. The van der Waals surface area contributed by atoms with Gasteiger partial charge < -0.3 is 10.0 Å². The quantitative estimate of drug-likeness (QED) is 0.855. The number of carboxylic acids is 1. The molecule has 1 aliphatic rings. The zero-order chi connectivity index (χ0) is 14.8. The second kappa shape index (κ2) is 5.91. The summed E-state index contributed by atoms with van der Waals surface area (Å²) < 4.78 is 0.494. The van der Waals surface area contributed by atoms with Crippen molar-refractivity contribution in [3.63, 3.8) is 0 Å². The fraction of sp³-hybridized carbons (Fsp3) is 0.500. The van der Waals surface area contributed by atoms with Crippen LogP contribution in [0.4, 0.5) is 0 Å². The Labute approximate surface area is 126 Å². The number of nitrogens with zero attached hydrogens (tertiary/aromatic N) is 2. The van der Waals surface area contributed by atoms with Gasteiger partial charge in [0.1, 0.15) is 4.60 Å². The average molecular weight is 341 g/mol. The molecule has 20 heavy (non-hydrogen) atoms. The Kier molecular flexibility index (Phi) is 4.42. The number of aliphatic carboxylic acids is 1. The molecule has 108 valence electrons. The summed E-state index contributed by atoms with van der Waals surface area (Å²) in [6, 6.07) is 3.39. The minimum absolute atomic E-state index is 0.163. The SMILES string of the molecule is CCCC1(C(=O)O)CCN(C(=O)c2cccnc2Br)C1. The summed E-state index contributed by atoms with van der Waals surface area (Å²) >= 11 is 3.26. The van der Waals surface area contributed by atoms with E-state index in [1.54, 1.807) is 23.2 Å². The Morgan fingerprint density at radius 3 is 2.90 bits per heavy atom. The molecule has 2 heterocycles. The summed E-state index contributed by atoms with van der Waals surface area (Å²) in [7, 11) is 0. The minimum Gasteiger partial charge on any atom is -0.481 e. The molecule has 1 unspecified atom stereocenters. The zero-order valence-corrected chi connectivity index (χ0v) is 12.9. The van der Waals surface area contributed by atoms with Crippen LogP contribution >= 0.6 is 15.9 Å². The molecule has 1 atom stereocenters. The number of pyridine rings is 1. The molecule has 5 nitrogen and oxygen atoms in total. The lowest BCUT2D eigenvalue weighted by Gasteiger charge is -2.24. The lowest BCUT2D eigenvalue weighted by Crippen LogP contribution is -2.37. The predicted octanol–water partition coefficient (Wildman–Crippen LogP) is 2.56. The summed E-state index contributed by atoms with van der Waals surface area (Å²) in [5.74, 6) is -0.968. The number of likely N-dealkylation sites (tertiary alicyclic amines) is 1. The van der Waals surface area contributed by atoms with Crippen molar-refractivity contribution in [1.82, 2.24) is 9.88 Å². The van der Waals surface area contributed by atoms with E-state index in [1.165, 1.54) is 0 Å². The summed E-state index contributed by atoms with van der Waals surface area (Å²) in [4.78, 5) is 29.6. The van der Waals surface area contributed by atoms with E-state index < -0.39 is 11.4 Å². The summed E-state index contributed by atoms with van der Waals surface area (Å²) in [5.41, 5.74) is -0.316. The van der Waals surface area contributed by atoms with Gasteiger partial charge in [0.05, 0.1) is 11.0 Å². The predicted molar refractivity (Wildman–Crippen MR) is 77.4 cm³/mol. The third-order valence-corrected chi connectivity index (χ3v) is 4.44. The van der Waals surface area contributed by atoms with Gasteiger partial charge in [-0.15, -0.1) is 0 Å². The first-order chi connectivity index (χ1) is 9.50. The van der Waals surface area contributed by atoms with Crippen LogP contribution in [0.15, 0.2) is 22.9 Å². The van der Waals surface area contributed by atoms with Crippen molar-refractivity contribution in [2.75, 3.05) is 13.1 Å². The second-order valence-electron chi connectivity index (χ2n) is 5.15. The first-order valence-corrected chi connectivity index (χ1v) is 7.42. The summed E-state index contributed by atoms with van der Waals surface area (Å²) in [6.45, 7) is 2.72. The van der Waals surface area contributed by atoms with Crippen LogP contribution < -0.4 is 0 Å². The van der Waals surface area contributed by atoms with Crippen LogP contribution in [0.25, 0.3) is 0 Å². The molecule has 1 saturated heterocycles. The van der Waals surface area contributed by atoms with Gasteiger partial charge in [-0.3, -0.25) is 9.59 Å². The minimum atomic E-state index is -0.806. The Balaban J connectivity index is 2.19. The molecule has 2 rings (SSSR count).